The topological polar surface area (TPSA) is 67.0 Å². The van der Waals surface area contributed by atoms with E-state index in [9.17, 15) is 9.18 Å². The number of nitrogens with one attached hydrogen (secondary N) is 2. The Bertz CT molecular complexity index is 635. The van der Waals surface area contributed by atoms with E-state index in [0.29, 0.717) is 30.0 Å². The minimum Gasteiger partial charge on any atom is -0.381 e. The molecule has 1 aromatic carbocycles. The molecule has 5 nitrogen and oxygen atoms in total. The lowest BCUT2D eigenvalue weighted by Gasteiger charge is -2.23. The molecule has 0 bridgehead atoms. The Hall–Kier alpha value is -2.21. The third-order valence-corrected chi connectivity index (χ3v) is 3.55. The summed E-state index contributed by atoms with van der Waals surface area (Å²) in [4.78, 5) is 12.3. The summed E-state index contributed by atoms with van der Waals surface area (Å²) in [6.45, 7) is 1.32. The number of halogens is 1. The van der Waals surface area contributed by atoms with Gasteiger partial charge in [0.25, 0.3) is 5.91 Å². The molecule has 1 aromatic heterocycles. The lowest BCUT2D eigenvalue weighted by Crippen LogP contribution is -2.38. The maximum absolute atomic E-state index is 13.3. The standard InChI is InChI=1S/C15H16FN3O2/c16-11-3-1-2-10(8-11)14-13(9-17-19-14)15(20)18-12-4-6-21-7-5-12/h1-3,8-9,12H,4-7H2,(H,17,19)(H,18,20). The van der Waals surface area contributed by atoms with E-state index in [4.69, 9.17) is 4.74 Å². The number of hydrogen-bond donors (Lipinski definition) is 2. The molecule has 1 fully saturated rings. The highest BCUT2D eigenvalue weighted by Gasteiger charge is 2.20. The molecule has 2 aromatic rings. The fraction of sp³-hybridized carbons (Fsp3) is 0.333. The van der Waals surface area contributed by atoms with Crippen molar-refractivity contribution in [2.45, 2.75) is 18.9 Å². The molecule has 1 saturated heterocycles. The quantitative estimate of drug-likeness (QED) is 0.909. The lowest BCUT2D eigenvalue weighted by atomic mass is 10.1. The molecular weight excluding hydrogens is 273 g/mol. The van der Waals surface area contributed by atoms with Gasteiger partial charge in [0, 0.05) is 24.8 Å². The van der Waals surface area contributed by atoms with Crippen LogP contribution in [0.3, 0.4) is 0 Å². The van der Waals surface area contributed by atoms with Crippen LogP contribution in [0.25, 0.3) is 11.3 Å². The zero-order valence-electron chi connectivity index (χ0n) is 11.4. The van der Waals surface area contributed by atoms with Crippen molar-refractivity contribution in [1.29, 1.82) is 0 Å². The van der Waals surface area contributed by atoms with Gasteiger partial charge in [-0.05, 0) is 25.0 Å². The number of aromatic amines is 1. The molecule has 0 saturated carbocycles. The van der Waals surface area contributed by atoms with Crippen molar-refractivity contribution >= 4 is 5.91 Å². The van der Waals surface area contributed by atoms with E-state index in [-0.39, 0.29) is 17.8 Å². The summed E-state index contributed by atoms with van der Waals surface area (Å²) >= 11 is 0. The molecule has 0 spiro atoms. The molecule has 110 valence electrons. The Labute approximate surface area is 121 Å². The highest BCUT2D eigenvalue weighted by atomic mass is 19.1. The fourth-order valence-corrected chi connectivity index (χ4v) is 2.43. The molecule has 6 heteroatoms. The Morgan fingerprint density at radius 1 is 1.38 bits per heavy atom. The number of nitrogens with zero attached hydrogens (tertiary/aromatic N) is 1. The summed E-state index contributed by atoms with van der Waals surface area (Å²) < 4.78 is 18.6. The van der Waals surface area contributed by atoms with Gasteiger partial charge in [-0.2, -0.15) is 5.10 Å². The lowest BCUT2D eigenvalue weighted by molar-refractivity contribution is 0.0697. The predicted octanol–water partition coefficient (Wildman–Crippen LogP) is 2.12. The van der Waals surface area contributed by atoms with Gasteiger partial charge in [0.2, 0.25) is 0 Å². The van der Waals surface area contributed by atoms with Crippen LogP contribution in [0.2, 0.25) is 0 Å². The average molecular weight is 289 g/mol. The van der Waals surface area contributed by atoms with Crippen LogP contribution in [0.1, 0.15) is 23.2 Å². The van der Waals surface area contributed by atoms with E-state index in [1.165, 1.54) is 18.3 Å². The average Bonchev–Trinajstić information content (AvgIpc) is 2.98. The van der Waals surface area contributed by atoms with Crippen LogP contribution in [0.5, 0.6) is 0 Å². The molecule has 0 atom stereocenters. The van der Waals surface area contributed by atoms with Gasteiger partial charge in [-0.1, -0.05) is 12.1 Å². The number of aromatic nitrogens is 2. The summed E-state index contributed by atoms with van der Waals surface area (Å²) in [6.07, 6.45) is 3.08. The SMILES string of the molecule is O=C(NC1CCOCC1)c1cn[nH]c1-c1cccc(F)c1. The van der Waals surface area contributed by atoms with Crippen molar-refractivity contribution in [1.82, 2.24) is 15.5 Å². The van der Waals surface area contributed by atoms with Crippen molar-refractivity contribution in [3.05, 3.63) is 41.8 Å². The van der Waals surface area contributed by atoms with Crippen LogP contribution in [-0.2, 0) is 4.74 Å². The maximum Gasteiger partial charge on any atom is 0.255 e. The van der Waals surface area contributed by atoms with E-state index in [2.05, 4.69) is 15.5 Å². The molecule has 1 aliphatic heterocycles. The summed E-state index contributed by atoms with van der Waals surface area (Å²) in [5, 5.41) is 9.65. The van der Waals surface area contributed by atoms with Crippen LogP contribution in [0.4, 0.5) is 4.39 Å². The summed E-state index contributed by atoms with van der Waals surface area (Å²) in [5.41, 5.74) is 1.55. The van der Waals surface area contributed by atoms with Gasteiger partial charge < -0.3 is 10.1 Å². The Balaban J connectivity index is 1.79. The number of carbonyl (C=O) groups excluding carboxylic acids is 1. The van der Waals surface area contributed by atoms with E-state index >= 15 is 0 Å². The first kappa shape index (κ1) is 13.8. The maximum atomic E-state index is 13.3. The second-order valence-corrected chi connectivity index (χ2v) is 5.03. The number of amides is 1. The Kier molecular flexibility index (Phi) is 3.96. The van der Waals surface area contributed by atoms with E-state index < -0.39 is 0 Å². The van der Waals surface area contributed by atoms with Crippen LogP contribution in [0.15, 0.2) is 30.5 Å². The highest BCUT2D eigenvalue weighted by molar-refractivity contribution is 5.99. The summed E-state index contributed by atoms with van der Waals surface area (Å²) in [7, 11) is 0. The number of carbonyl (C=O) groups is 1. The second kappa shape index (κ2) is 6.05. The predicted molar refractivity (Wildman–Crippen MR) is 75.3 cm³/mol. The van der Waals surface area contributed by atoms with Crippen molar-refractivity contribution in [2.75, 3.05) is 13.2 Å². The third-order valence-electron chi connectivity index (χ3n) is 3.55. The van der Waals surface area contributed by atoms with Crippen molar-refractivity contribution < 1.29 is 13.9 Å². The molecule has 21 heavy (non-hydrogen) atoms. The number of benzene rings is 1. The number of hydrogen-bond acceptors (Lipinski definition) is 3. The first-order valence-corrected chi connectivity index (χ1v) is 6.92. The van der Waals surface area contributed by atoms with Gasteiger partial charge in [0.15, 0.2) is 0 Å². The number of ether oxygens (including phenoxy) is 1. The minimum absolute atomic E-state index is 0.113. The van der Waals surface area contributed by atoms with E-state index in [1.807, 2.05) is 0 Å². The molecule has 1 aliphatic rings. The van der Waals surface area contributed by atoms with Crippen LogP contribution < -0.4 is 5.32 Å². The largest absolute Gasteiger partial charge is 0.381 e. The number of H-pyrrole nitrogens is 1. The monoisotopic (exact) mass is 289 g/mol. The fourth-order valence-electron chi connectivity index (χ4n) is 2.43. The molecule has 2 N–H and O–H groups in total. The van der Waals surface area contributed by atoms with Crippen molar-refractivity contribution in [2.24, 2.45) is 0 Å². The normalized spacial score (nSPS) is 15.9. The minimum atomic E-state index is -0.349. The zero-order valence-corrected chi connectivity index (χ0v) is 11.4. The van der Waals surface area contributed by atoms with Gasteiger partial charge in [-0.3, -0.25) is 9.89 Å². The van der Waals surface area contributed by atoms with Gasteiger partial charge in [0.05, 0.1) is 17.5 Å². The summed E-state index contributed by atoms with van der Waals surface area (Å²) in [5.74, 6) is -0.548. The van der Waals surface area contributed by atoms with Crippen LogP contribution >= 0.6 is 0 Å². The first-order chi connectivity index (χ1) is 10.2. The van der Waals surface area contributed by atoms with Gasteiger partial charge in [-0.15, -0.1) is 0 Å². The molecule has 2 heterocycles. The molecule has 3 rings (SSSR count). The second-order valence-electron chi connectivity index (χ2n) is 5.03. The molecule has 1 amide bonds. The smallest absolute Gasteiger partial charge is 0.255 e. The Morgan fingerprint density at radius 2 is 2.19 bits per heavy atom. The molecular formula is C15H16FN3O2. The summed E-state index contributed by atoms with van der Waals surface area (Å²) in [6, 6.07) is 6.19. The molecule has 0 aliphatic carbocycles. The highest BCUT2D eigenvalue weighted by Crippen LogP contribution is 2.22. The van der Waals surface area contributed by atoms with Gasteiger partial charge >= 0.3 is 0 Å². The Morgan fingerprint density at radius 3 is 2.95 bits per heavy atom. The van der Waals surface area contributed by atoms with E-state index in [1.54, 1.807) is 12.1 Å². The van der Waals surface area contributed by atoms with Crippen molar-refractivity contribution in [3.63, 3.8) is 0 Å². The number of rotatable bonds is 3. The first-order valence-electron chi connectivity index (χ1n) is 6.92. The van der Waals surface area contributed by atoms with Gasteiger partial charge in [0.1, 0.15) is 5.82 Å². The molecule has 0 unspecified atom stereocenters. The van der Waals surface area contributed by atoms with Crippen LogP contribution in [-0.4, -0.2) is 35.4 Å². The third kappa shape index (κ3) is 3.11. The van der Waals surface area contributed by atoms with Crippen molar-refractivity contribution in [3.8, 4) is 11.3 Å². The van der Waals surface area contributed by atoms with Crippen LogP contribution in [0, 0.1) is 5.82 Å². The van der Waals surface area contributed by atoms with Gasteiger partial charge in [-0.25, -0.2) is 4.39 Å². The molecule has 0 radical (unpaired) electrons. The van der Waals surface area contributed by atoms with E-state index in [0.717, 1.165) is 12.8 Å². The zero-order chi connectivity index (χ0) is 14.7.